The molecule has 5 nitrogen and oxygen atoms in total. The summed E-state index contributed by atoms with van der Waals surface area (Å²) in [4.78, 5) is 10.6. The van der Waals surface area contributed by atoms with E-state index >= 15 is 0 Å². The van der Waals surface area contributed by atoms with Crippen molar-refractivity contribution in [2.45, 2.75) is 109 Å². The fourth-order valence-electron chi connectivity index (χ4n) is 5.14. The molecule has 1 saturated carbocycles. The minimum atomic E-state index is -0.700. The maximum absolute atomic E-state index is 10.6. The first-order chi connectivity index (χ1) is 13.5. The van der Waals surface area contributed by atoms with Gasteiger partial charge < -0.3 is 19.7 Å². The molecule has 2 rings (SSSR count). The number of carboxylic acid groups (broad SMARTS) is 1. The van der Waals surface area contributed by atoms with Gasteiger partial charge >= 0.3 is 5.97 Å². The van der Waals surface area contributed by atoms with Crippen molar-refractivity contribution in [1.82, 2.24) is 0 Å². The van der Waals surface area contributed by atoms with Crippen LogP contribution in [-0.2, 0) is 14.3 Å². The van der Waals surface area contributed by atoms with E-state index in [0.29, 0.717) is 31.0 Å². The molecule has 0 aromatic heterocycles. The number of aliphatic carboxylic acids is 1. The number of hydrogen-bond donors (Lipinski definition) is 2. The van der Waals surface area contributed by atoms with Crippen molar-refractivity contribution in [3.05, 3.63) is 0 Å². The molecule has 1 saturated heterocycles. The number of hydrogen-bond acceptors (Lipinski definition) is 4. The molecular formula is C23H42O5. The zero-order chi connectivity index (χ0) is 20.4. The molecule has 0 radical (unpaired) electrons. The quantitative estimate of drug-likeness (QED) is 0.396. The molecule has 0 unspecified atom stereocenters. The average Bonchev–Trinajstić information content (AvgIpc) is 3.28. The van der Waals surface area contributed by atoms with E-state index in [4.69, 9.17) is 14.6 Å². The van der Waals surface area contributed by atoms with E-state index in [0.717, 1.165) is 64.2 Å². The van der Waals surface area contributed by atoms with E-state index in [1.54, 1.807) is 0 Å². The maximum Gasteiger partial charge on any atom is 0.303 e. The lowest BCUT2D eigenvalue weighted by Gasteiger charge is -2.33. The largest absolute Gasteiger partial charge is 0.481 e. The summed E-state index contributed by atoms with van der Waals surface area (Å²) < 4.78 is 12.2. The van der Waals surface area contributed by atoms with E-state index in [2.05, 4.69) is 13.8 Å². The molecule has 0 bridgehead atoms. The van der Waals surface area contributed by atoms with Gasteiger partial charge in [0.05, 0.1) is 19.3 Å². The van der Waals surface area contributed by atoms with Gasteiger partial charge in [0.2, 0.25) is 0 Å². The first-order valence-electron chi connectivity index (χ1n) is 11.7. The summed E-state index contributed by atoms with van der Waals surface area (Å²) in [6, 6.07) is 0. The van der Waals surface area contributed by atoms with E-state index in [9.17, 15) is 9.90 Å². The number of aliphatic hydroxyl groups is 1. The lowest BCUT2D eigenvalue weighted by atomic mass is 9.83. The minimum absolute atomic E-state index is 0.204. The predicted molar refractivity (Wildman–Crippen MR) is 110 cm³/mol. The van der Waals surface area contributed by atoms with Crippen LogP contribution in [0, 0.1) is 17.8 Å². The van der Waals surface area contributed by atoms with Gasteiger partial charge in [-0.2, -0.15) is 0 Å². The zero-order valence-electron chi connectivity index (χ0n) is 18.0. The Morgan fingerprint density at radius 1 is 1.07 bits per heavy atom. The number of unbranched alkanes of at least 4 members (excludes halogenated alkanes) is 4. The topological polar surface area (TPSA) is 76.0 Å². The van der Waals surface area contributed by atoms with Gasteiger partial charge in [0.15, 0.2) is 5.79 Å². The van der Waals surface area contributed by atoms with E-state index in [1.807, 2.05) is 0 Å². The molecule has 1 spiro atoms. The molecule has 1 aliphatic heterocycles. The second-order valence-electron chi connectivity index (χ2n) is 9.02. The first-order valence-corrected chi connectivity index (χ1v) is 11.7. The predicted octanol–water partition coefficient (Wildman–Crippen LogP) is 5.15. The van der Waals surface area contributed by atoms with Crippen LogP contribution in [0.5, 0.6) is 0 Å². The van der Waals surface area contributed by atoms with Crippen LogP contribution in [0.4, 0.5) is 0 Å². The SMILES string of the molecule is CCCC[C@H](C)[C@H](O)CC[C@H]1CCC2(OCCO2)[C@@H]1CCCCCCC(=O)O. The molecule has 2 fully saturated rings. The smallest absolute Gasteiger partial charge is 0.303 e. The number of rotatable bonds is 14. The van der Waals surface area contributed by atoms with Crippen molar-refractivity contribution >= 4 is 5.97 Å². The molecule has 0 aromatic rings. The summed E-state index contributed by atoms with van der Waals surface area (Å²) >= 11 is 0. The lowest BCUT2D eigenvalue weighted by molar-refractivity contribution is -0.188. The second-order valence-corrected chi connectivity index (χ2v) is 9.02. The number of ether oxygens (including phenoxy) is 2. The summed E-state index contributed by atoms with van der Waals surface area (Å²) in [5.41, 5.74) is 0. The van der Waals surface area contributed by atoms with Crippen LogP contribution in [0.2, 0.25) is 0 Å². The molecule has 0 amide bonds. The van der Waals surface area contributed by atoms with Crippen LogP contribution >= 0.6 is 0 Å². The zero-order valence-corrected chi connectivity index (χ0v) is 18.0. The first kappa shape index (κ1) is 23.6. The molecule has 5 heteroatoms. The second kappa shape index (κ2) is 12.1. The Morgan fingerprint density at radius 3 is 2.46 bits per heavy atom. The van der Waals surface area contributed by atoms with Gasteiger partial charge in [-0.3, -0.25) is 4.79 Å². The number of carboxylic acids is 1. The third-order valence-electron chi connectivity index (χ3n) is 6.93. The minimum Gasteiger partial charge on any atom is -0.481 e. The highest BCUT2D eigenvalue weighted by Crippen LogP contribution is 2.50. The van der Waals surface area contributed by atoms with Gasteiger partial charge in [-0.25, -0.2) is 0 Å². The molecule has 4 atom stereocenters. The Labute approximate surface area is 171 Å². The Balaban J connectivity index is 1.80. The Hall–Kier alpha value is -0.650. The van der Waals surface area contributed by atoms with Crippen molar-refractivity contribution in [3.63, 3.8) is 0 Å². The lowest BCUT2D eigenvalue weighted by Crippen LogP contribution is -2.37. The summed E-state index contributed by atoms with van der Waals surface area (Å²) in [7, 11) is 0. The molecule has 164 valence electrons. The third-order valence-corrected chi connectivity index (χ3v) is 6.93. The monoisotopic (exact) mass is 398 g/mol. The van der Waals surface area contributed by atoms with E-state index in [-0.39, 0.29) is 18.3 Å². The van der Waals surface area contributed by atoms with Crippen molar-refractivity contribution in [3.8, 4) is 0 Å². The molecule has 1 aliphatic carbocycles. The summed E-state index contributed by atoms with van der Waals surface area (Å²) in [6.07, 6.45) is 12.6. The normalized spacial score (nSPS) is 26.0. The number of carbonyl (C=O) groups is 1. The van der Waals surface area contributed by atoms with Crippen LogP contribution in [0.1, 0.15) is 97.3 Å². The standard InChI is InChI=1S/C23H42O5/c1-3-4-9-18(2)21(24)13-12-19-14-15-23(27-16-17-28-23)20(19)10-7-5-6-8-11-22(25)26/h18-21,24H,3-17H2,1-2H3,(H,25,26)/t18-,19-,20+,21+/m0/s1. The van der Waals surface area contributed by atoms with Crippen molar-refractivity contribution in [1.29, 1.82) is 0 Å². The van der Waals surface area contributed by atoms with Gasteiger partial charge in [-0.1, -0.05) is 46.0 Å². The van der Waals surface area contributed by atoms with Gasteiger partial charge in [0.1, 0.15) is 0 Å². The van der Waals surface area contributed by atoms with Crippen LogP contribution in [0.15, 0.2) is 0 Å². The molecule has 28 heavy (non-hydrogen) atoms. The fourth-order valence-corrected chi connectivity index (χ4v) is 5.14. The molecular weight excluding hydrogens is 356 g/mol. The van der Waals surface area contributed by atoms with Gasteiger partial charge in [-0.05, 0) is 50.4 Å². The Kier molecular flexibility index (Phi) is 10.2. The van der Waals surface area contributed by atoms with Crippen molar-refractivity contribution in [2.75, 3.05) is 13.2 Å². The summed E-state index contributed by atoms with van der Waals surface area (Å²) in [6.45, 7) is 5.76. The molecule has 2 aliphatic rings. The van der Waals surface area contributed by atoms with Gasteiger partial charge in [0.25, 0.3) is 0 Å². The van der Waals surface area contributed by atoms with Crippen LogP contribution in [-0.4, -0.2) is 41.3 Å². The number of aliphatic hydroxyl groups excluding tert-OH is 1. The average molecular weight is 399 g/mol. The molecule has 1 heterocycles. The Bertz CT molecular complexity index is 446. The van der Waals surface area contributed by atoms with Crippen molar-refractivity contribution < 1.29 is 24.5 Å². The Morgan fingerprint density at radius 2 is 1.79 bits per heavy atom. The summed E-state index contributed by atoms with van der Waals surface area (Å²) in [5.74, 6) is 0.263. The van der Waals surface area contributed by atoms with Gasteiger partial charge in [0, 0.05) is 18.8 Å². The fraction of sp³-hybridized carbons (Fsp3) is 0.957. The highest BCUT2D eigenvalue weighted by atomic mass is 16.7. The third kappa shape index (κ3) is 7.00. The van der Waals surface area contributed by atoms with Crippen molar-refractivity contribution in [2.24, 2.45) is 17.8 Å². The van der Waals surface area contributed by atoms with E-state index in [1.165, 1.54) is 12.8 Å². The van der Waals surface area contributed by atoms with Gasteiger partial charge in [-0.15, -0.1) is 0 Å². The van der Waals surface area contributed by atoms with Crippen LogP contribution < -0.4 is 0 Å². The van der Waals surface area contributed by atoms with E-state index < -0.39 is 5.97 Å². The molecule has 0 aromatic carbocycles. The molecule has 2 N–H and O–H groups in total. The highest BCUT2D eigenvalue weighted by Gasteiger charge is 2.51. The maximum atomic E-state index is 10.6. The van der Waals surface area contributed by atoms with Crippen LogP contribution in [0.3, 0.4) is 0 Å². The highest BCUT2D eigenvalue weighted by molar-refractivity contribution is 5.66. The summed E-state index contributed by atoms with van der Waals surface area (Å²) in [5, 5.41) is 19.3. The van der Waals surface area contributed by atoms with Crippen LogP contribution in [0.25, 0.3) is 0 Å².